The van der Waals surface area contributed by atoms with Gasteiger partial charge in [-0.2, -0.15) is 0 Å². The summed E-state index contributed by atoms with van der Waals surface area (Å²) in [7, 11) is 0. The third kappa shape index (κ3) is 7.06. The van der Waals surface area contributed by atoms with Crippen molar-refractivity contribution in [1.82, 2.24) is 10.6 Å². The van der Waals surface area contributed by atoms with Gasteiger partial charge in [0, 0.05) is 17.8 Å². The van der Waals surface area contributed by atoms with E-state index < -0.39 is 6.09 Å². The van der Waals surface area contributed by atoms with Crippen LogP contribution in [-0.4, -0.2) is 25.2 Å². The van der Waals surface area contributed by atoms with Gasteiger partial charge in [-0.3, -0.25) is 4.79 Å². The number of thiophene rings is 1. The minimum atomic E-state index is -0.497. The summed E-state index contributed by atoms with van der Waals surface area (Å²) < 4.78 is 4.79. The van der Waals surface area contributed by atoms with E-state index in [1.54, 1.807) is 18.3 Å². The second kappa shape index (κ2) is 11.4. The SMILES string of the molecule is CCCCc1ccc(C(NC(=O)CCNC(=O)OCC)c2cccs2)cc1. The number of nitrogens with one attached hydrogen (secondary N) is 2. The summed E-state index contributed by atoms with van der Waals surface area (Å²) in [6.45, 7) is 4.49. The highest BCUT2D eigenvalue weighted by atomic mass is 32.1. The maximum Gasteiger partial charge on any atom is 0.407 e. The molecule has 1 aromatic heterocycles. The normalized spacial score (nSPS) is 11.6. The van der Waals surface area contributed by atoms with E-state index in [1.165, 1.54) is 18.4 Å². The average Bonchev–Trinajstić information content (AvgIpc) is 3.19. The largest absolute Gasteiger partial charge is 0.450 e. The van der Waals surface area contributed by atoms with E-state index in [4.69, 9.17) is 4.74 Å². The van der Waals surface area contributed by atoms with Crippen molar-refractivity contribution in [2.45, 2.75) is 45.6 Å². The first-order valence-electron chi connectivity index (χ1n) is 9.46. The Hall–Kier alpha value is -2.34. The molecule has 6 heteroatoms. The highest BCUT2D eigenvalue weighted by molar-refractivity contribution is 7.10. The molecular formula is C21H28N2O3S. The van der Waals surface area contributed by atoms with Gasteiger partial charge in [-0.15, -0.1) is 11.3 Å². The number of ether oxygens (including phenoxy) is 1. The molecule has 27 heavy (non-hydrogen) atoms. The molecule has 0 radical (unpaired) electrons. The molecule has 0 aliphatic rings. The predicted octanol–water partition coefficient (Wildman–Crippen LogP) is 4.43. The Morgan fingerprint density at radius 1 is 1.15 bits per heavy atom. The zero-order valence-corrected chi connectivity index (χ0v) is 16.8. The smallest absolute Gasteiger partial charge is 0.407 e. The second-order valence-corrected chi connectivity index (χ2v) is 7.24. The van der Waals surface area contributed by atoms with Crippen molar-refractivity contribution < 1.29 is 14.3 Å². The van der Waals surface area contributed by atoms with E-state index >= 15 is 0 Å². The Kier molecular flexibility index (Phi) is 8.84. The minimum absolute atomic E-state index is 0.111. The highest BCUT2D eigenvalue weighted by Gasteiger charge is 2.18. The number of alkyl carbamates (subject to hydrolysis) is 1. The number of hydrogen-bond donors (Lipinski definition) is 2. The minimum Gasteiger partial charge on any atom is -0.450 e. The van der Waals surface area contributed by atoms with Crippen LogP contribution in [-0.2, 0) is 16.0 Å². The van der Waals surface area contributed by atoms with Crippen LogP contribution in [0.25, 0.3) is 0 Å². The fourth-order valence-electron chi connectivity index (χ4n) is 2.73. The maximum atomic E-state index is 12.4. The standard InChI is InChI=1S/C21H28N2O3S/c1-3-5-7-16-9-11-17(12-10-16)20(18-8-6-15-27-18)23-19(24)13-14-22-21(25)26-4-2/h6,8-12,15,20H,3-5,7,13-14H2,1-2H3,(H,22,25)(H,23,24). The summed E-state index contributed by atoms with van der Waals surface area (Å²) in [5.74, 6) is -0.111. The molecule has 0 saturated heterocycles. The van der Waals surface area contributed by atoms with Crippen molar-refractivity contribution >= 4 is 23.3 Å². The van der Waals surface area contributed by atoms with Gasteiger partial charge in [0.2, 0.25) is 5.91 Å². The van der Waals surface area contributed by atoms with E-state index in [0.29, 0.717) is 6.61 Å². The van der Waals surface area contributed by atoms with Gasteiger partial charge in [-0.25, -0.2) is 4.79 Å². The van der Waals surface area contributed by atoms with Crippen molar-refractivity contribution in [2.75, 3.05) is 13.2 Å². The van der Waals surface area contributed by atoms with E-state index in [-0.39, 0.29) is 24.9 Å². The fraction of sp³-hybridized carbons (Fsp3) is 0.429. The zero-order chi connectivity index (χ0) is 19.5. The van der Waals surface area contributed by atoms with Gasteiger partial charge >= 0.3 is 6.09 Å². The Bertz CT molecular complexity index is 699. The summed E-state index contributed by atoms with van der Waals surface area (Å²) in [6, 6.07) is 12.3. The fourth-order valence-corrected chi connectivity index (χ4v) is 3.53. The van der Waals surface area contributed by atoms with Gasteiger partial charge in [0.05, 0.1) is 12.6 Å². The van der Waals surface area contributed by atoms with Crippen molar-refractivity contribution in [1.29, 1.82) is 0 Å². The summed E-state index contributed by atoms with van der Waals surface area (Å²) in [6.07, 6.45) is 3.14. The van der Waals surface area contributed by atoms with Crippen LogP contribution in [0.15, 0.2) is 41.8 Å². The Morgan fingerprint density at radius 3 is 2.56 bits per heavy atom. The molecule has 1 heterocycles. The van der Waals surface area contributed by atoms with Gasteiger partial charge in [0.25, 0.3) is 0 Å². The highest BCUT2D eigenvalue weighted by Crippen LogP contribution is 2.26. The van der Waals surface area contributed by atoms with Crippen molar-refractivity contribution in [3.05, 3.63) is 57.8 Å². The quantitative estimate of drug-likeness (QED) is 0.633. The molecule has 2 amide bonds. The van der Waals surface area contributed by atoms with Crippen molar-refractivity contribution in [3.8, 4) is 0 Å². The molecule has 2 aromatic rings. The van der Waals surface area contributed by atoms with Crippen LogP contribution >= 0.6 is 11.3 Å². The molecule has 0 bridgehead atoms. The Labute approximate surface area is 165 Å². The number of unbranched alkanes of at least 4 members (excludes halogenated alkanes) is 1. The van der Waals surface area contributed by atoms with Gasteiger partial charge < -0.3 is 15.4 Å². The number of carbonyl (C=O) groups excluding carboxylic acids is 2. The Balaban J connectivity index is 1.98. The molecule has 1 aromatic carbocycles. The lowest BCUT2D eigenvalue weighted by molar-refractivity contribution is -0.121. The van der Waals surface area contributed by atoms with Gasteiger partial charge in [0.15, 0.2) is 0 Å². The molecule has 2 N–H and O–H groups in total. The molecule has 0 fully saturated rings. The van der Waals surface area contributed by atoms with Gasteiger partial charge in [-0.05, 0) is 42.3 Å². The summed E-state index contributed by atoms with van der Waals surface area (Å²) in [4.78, 5) is 24.8. The van der Waals surface area contributed by atoms with Crippen LogP contribution < -0.4 is 10.6 Å². The van der Waals surface area contributed by atoms with Crippen LogP contribution in [0.5, 0.6) is 0 Å². The van der Waals surface area contributed by atoms with E-state index in [0.717, 1.165) is 16.9 Å². The second-order valence-electron chi connectivity index (χ2n) is 6.26. The van der Waals surface area contributed by atoms with Crippen molar-refractivity contribution in [2.24, 2.45) is 0 Å². The van der Waals surface area contributed by atoms with Crippen LogP contribution in [0.4, 0.5) is 4.79 Å². The first-order valence-corrected chi connectivity index (χ1v) is 10.3. The molecule has 5 nitrogen and oxygen atoms in total. The Morgan fingerprint density at radius 2 is 1.93 bits per heavy atom. The molecule has 1 atom stereocenters. The molecule has 2 rings (SSSR count). The summed E-state index contributed by atoms with van der Waals surface area (Å²) >= 11 is 1.62. The molecule has 0 aliphatic heterocycles. The maximum absolute atomic E-state index is 12.4. The van der Waals surface area contributed by atoms with E-state index in [9.17, 15) is 9.59 Å². The number of carbonyl (C=O) groups is 2. The molecule has 0 aliphatic carbocycles. The molecule has 0 saturated carbocycles. The lowest BCUT2D eigenvalue weighted by Crippen LogP contribution is -2.33. The third-order valence-corrected chi connectivity index (χ3v) is 5.10. The first kappa shape index (κ1) is 21.0. The molecule has 0 spiro atoms. The topological polar surface area (TPSA) is 67.4 Å². The van der Waals surface area contributed by atoms with Crippen LogP contribution in [0.1, 0.15) is 55.2 Å². The monoisotopic (exact) mass is 388 g/mol. The third-order valence-electron chi connectivity index (χ3n) is 4.16. The number of hydrogen-bond acceptors (Lipinski definition) is 4. The lowest BCUT2D eigenvalue weighted by Gasteiger charge is -2.19. The van der Waals surface area contributed by atoms with Gasteiger partial charge in [-0.1, -0.05) is 43.7 Å². The summed E-state index contributed by atoms with van der Waals surface area (Å²) in [5.41, 5.74) is 2.37. The van der Waals surface area contributed by atoms with E-state index in [2.05, 4.69) is 41.8 Å². The number of rotatable bonds is 10. The number of benzene rings is 1. The molecular weight excluding hydrogens is 360 g/mol. The van der Waals surface area contributed by atoms with E-state index in [1.807, 2.05) is 17.5 Å². The first-order chi connectivity index (χ1) is 13.1. The molecule has 146 valence electrons. The molecule has 1 unspecified atom stereocenters. The van der Waals surface area contributed by atoms with Crippen LogP contribution in [0.3, 0.4) is 0 Å². The van der Waals surface area contributed by atoms with Crippen LogP contribution in [0.2, 0.25) is 0 Å². The number of amides is 2. The van der Waals surface area contributed by atoms with Crippen molar-refractivity contribution in [3.63, 3.8) is 0 Å². The zero-order valence-electron chi connectivity index (χ0n) is 16.0. The predicted molar refractivity (Wildman–Crippen MR) is 109 cm³/mol. The average molecular weight is 389 g/mol. The van der Waals surface area contributed by atoms with Gasteiger partial charge in [0.1, 0.15) is 0 Å². The lowest BCUT2D eigenvalue weighted by atomic mass is 10.0. The number of aryl methyl sites for hydroxylation is 1. The van der Waals surface area contributed by atoms with Crippen LogP contribution in [0, 0.1) is 0 Å². The summed E-state index contributed by atoms with van der Waals surface area (Å²) in [5, 5.41) is 7.66.